The zero-order valence-electron chi connectivity index (χ0n) is 14.5. The summed E-state index contributed by atoms with van der Waals surface area (Å²) in [5, 5.41) is 2.00. The Morgan fingerprint density at radius 1 is 0.821 bits per heavy atom. The average Bonchev–Trinajstić information content (AvgIpc) is 2.72. The Morgan fingerprint density at radius 3 is 2.29 bits per heavy atom. The van der Waals surface area contributed by atoms with Crippen LogP contribution in [0, 0.1) is 0 Å². The summed E-state index contributed by atoms with van der Waals surface area (Å²) in [6.45, 7) is 0. The number of rotatable bonds is 4. The van der Waals surface area contributed by atoms with E-state index in [9.17, 15) is 4.79 Å². The molecular weight excluding hydrogens is 395 g/mol. The molecule has 1 aromatic heterocycles. The summed E-state index contributed by atoms with van der Waals surface area (Å²) >= 11 is 12.0. The number of hydrazine groups is 1. The molecule has 1 amide bonds. The molecule has 1 heterocycles. The molecule has 2 N–H and O–H groups in total. The lowest BCUT2D eigenvalue weighted by Crippen LogP contribution is -2.30. The molecule has 0 saturated heterocycles. The minimum Gasteiger partial charge on any atom is -0.267 e. The number of amides is 1. The SMILES string of the molecule is O=C(NNc1nc(-c2ccccc2)c2ccc(Cl)cc2n1)c1ccc(Cl)cc1. The second kappa shape index (κ2) is 7.84. The standard InChI is InChI=1S/C21H14Cl2N4O/c22-15-8-6-14(7-9-15)20(28)26-27-21-24-18-12-16(23)10-11-17(18)19(25-21)13-4-2-1-3-5-13/h1-12H,(H,26,28)(H,24,25,27). The summed E-state index contributed by atoms with van der Waals surface area (Å²) in [5.41, 5.74) is 8.19. The van der Waals surface area contributed by atoms with Gasteiger partial charge in [0.25, 0.3) is 5.91 Å². The third-order valence-corrected chi connectivity index (χ3v) is 4.59. The molecule has 0 aliphatic heterocycles. The number of benzene rings is 3. The number of halogens is 2. The lowest BCUT2D eigenvalue weighted by atomic mass is 10.1. The summed E-state index contributed by atoms with van der Waals surface area (Å²) in [5.74, 6) is -0.0661. The first-order valence-electron chi connectivity index (χ1n) is 8.45. The monoisotopic (exact) mass is 408 g/mol. The van der Waals surface area contributed by atoms with Gasteiger partial charge in [0.15, 0.2) is 0 Å². The highest BCUT2D eigenvalue weighted by molar-refractivity contribution is 6.31. The van der Waals surface area contributed by atoms with Gasteiger partial charge in [-0.2, -0.15) is 0 Å². The number of aromatic nitrogens is 2. The zero-order chi connectivity index (χ0) is 19.5. The maximum absolute atomic E-state index is 12.3. The van der Waals surface area contributed by atoms with Crippen molar-refractivity contribution in [1.29, 1.82) is 0 Å². The van der Waals surface area contributed by atoms with Gasteiger partial charge in [0.05, 0.1) is 11.2 Å². The van der Waals surface area contributed by atoms with Crippen LogP contribution < -0.4 is 10.9 Å². The Balaban J connectivity index is 1.67. The first-order valence-corrected chi connectivity index (χ1v) is 9.20. The summed E-state index contributed by atoms with van der Waals surface area (Å²) < 4.78 is 0. The summed E-state index contributed by atoms with van der Waals surface area (Å²) in [6, 6.07) is 21.8. The third-order valence-electron chi connectivity index (χ3n) is 4.10. The van der Waals surface area contributed by atoms with Gasteiger partial charge in [-0.25, -0.2) is 9.97 Å². The van der Waals surface area contributed by atoms with Crippen molar-refractivity contribution >= 4 is 46.0 Å². The number of carbonyl (C=O) groups excluding carboxylic acids is 1. The summed E-state index contributed by atoms with van der Waals surface area (Å²) in [7, 11) is 0. The Morgan fingerprint density at radius 2 is 1.54 bits per heavy atom. The van der Waals surface area contributed by atoms with Crippen molar-refractivity contribution in [3.05, 3.63) is 88.4 Å². The number of fused-ring (bicyclic) bond motifs is 1. The zero-order valence-corrected chi connectivity index (χ0v) is 16.0. The van der Waals surface area contributed by atoms with E-state index >= 15 is 0 Å². The molecule has 4 aromatic rings. The van der Waals surface area contributed by atoms with Gasteiger partial charge in [-0.15, -0.1) is 0 Å². The third kappa shape index (κ3) is 3.91. The van der Waals surface area contributed by atoms with Crippen LogP contribution in [0.3, 0.4) is 0 Å². The molecule has 4 rings (SSSR count). The van der Waals surface area contributed by atoms with Crippen molar-refractivity contribution in [2.75, 3.05) is 5.43 Å². The second-order valence-electron chi connectivity index (χ2n) is 6.01. The fourth-order valence-corrected chi connectivity index (χ4v) is 3.05. The molecule has 0 saturated carbocycles. The largest absolute Gasteiger partial charge is 0.269 e. The van der Waals surface area contributed by atoms with Crippen LogP contribution in [-0.4, -0.2) is 15.9 Å². The number of nitrogens with one attached hydrogen (secondary N) is 2. The van der Waals surface area contributed by atoms with Gasteiger partial charge >= 0.3 is 0 Å². The normalized spacial score (nSPS) is 10.6. The predicted molar refractivity (Wildman–Crippen MR) is 113 cm³/mol. The van der Waals surface area contributed by atoms with Crippen molar-refractivity contribution in [2.45, 2.75) is 0 Å². The topological polar surface area (TPSA) is 66.9 Å². The molecule has 0 aliphatic rings. The van der Waals surface area contributed by atoms with Crippen LogP contribution >= 0.6 is 23.2 Å². The summed E-state index contributed by atoms with van der Waals surface area (Å²) in [6.07, 6.45) is 0. The van der Waals surface area contributed by atoms with Gasteiger partial charge in [-0.05, 0) is 42.5 Å². The van der Waals surface area contributed by atoms with Gasteiger partial charge in [0.2, 0.25) is 5.95 Å². The molecule has 0 aliphatic carbocycles. The lowest BCUT2D eigenvalue weighted by molar-refractivity contribution is 0.0962. The van der Waals surface area contributed by atoms with Crippen LogP contribution in [0.4, 0.5) is 5.95 Å². The van der Waals surface area contributed by atoms with Crippen LogP contribution in [0.25, 0.3) is 22.2 Å². The second-order valence-corrected chi connectivity index (χ2v) is 6.88. The number of nitrogens with zero attached hydrogens (tertiary/aromatic N) is 2. The van der Waals surface area contributed by atoms with Gasteiger partial charge in [0, 0.05) is 26.6 Å². The molecule has 3 aromatic carbocycles. The van der Waals surface area contributed by atoms with Gasteiger partial charge in [-0.3, -0.25) is 15.6 Å². The molecular formula is C21H14Cl2N4O. The van der Waals surface area contributed by atoms with Crippen molar-refractivity contribution < 1.29 is 4.79 Å². The number of carbonyl (C=O) groups is 1. The Hall–Kier alpha value is -3.15. The van der Waals surface area contributed by atoms with Gasteiger partial charge < -0.3 is 0 Å². The Bertz CT molecular complexity index is 1150. The quantitative estimate of drug-likeness (QED) is 0.446. The van der Waals surface area contributed by atoms with Crippen LogP contribution in [0.2, 0.25) is 10.0 Å². The number of hydrogen-bond acceptors (Lipinski definition) is 4. The molecule has 0 unspecified atom stereocenters. The molecule has 0 bridgehead atoms. The Kier molecular flexibility index (Phi) is 5.10. The molecule has 28 heavy (non-hydrogen) atoms. The van der Waals surface area contributed by atoms with E-state index in [0.717, 1.165) is 16.6 Å². The smallest absolute Gasteiger partial charge is 0.267 e. The Labute approximate surface area is 171 Å². The van der Waals surface area contributed by atoms with E-state index < -0.39 is 0 Å². The highest BCUT2D eigenvalue weighted by Gasteiger charge is 2.11. The van der Waals surface area contributed by atoms with Crippen LogP contribution in [0.15, 0.2) is 72.8 Å². The van der Waals surface area contributed by atoms with Crippen molar-refractivity contribution in [3.8, 4) is 11.3 Å². The molecule has 5 nitrogen and oxygen atoms in total. The molecule has 0 fully saturated rings. The van der Waals surface area contributed by atoms with Crippen molar-refractivity contribution in [3.63, 3.8) is 0 Å². The average molecular weight is 409 g/mol. The van der Waals surface area contributed by atoms with Crippen LogP contribution in [-0.2, 0) is 0 Å². The lowest BCUT2D eigenvalue weighted by Gasteiger charge is -2.11. The molecule has 0 spiro atoms. The maximum Gasteiger partial charge on any atom is 0.269 e. The van der Waals surface area contributed by atoms with E-state index in [4.69, 9.17) is 23.2 Å². The van der Waals surface area contributed by atoms with Crippen LogP contribution in [0.5, 0.6) is 0 Å². The molecule has 0 atom stereocenters. The van der Waals surface area contributed by atoms with E-state index in [0.29, 0.717) is 21.1 Å². The molecule has 7 heteroatoms. The highest BCUT2D eigenvalue weighted by Crippen LogP contribution is 2.28. The van der Waals surface area contributed by atoms with Crippen molar-refractivity contribution in [1.82, 2.24) is 15.4 Å². The first-order chi connectivity index (χ1) is 13.6. The van der Waals surface area contributed by atoms with Crippen molar-refractivity contribution in [2.24, 2.45) is 0 Å². The fraction of sp³-hybridized carbons (Fsp3) is 0. The van der Waals surface area contributed by atoms with E-state index in [1.807, 2.05) is 36.4 Å². The predicted octanol–water partition coefficient (Wildman–Crippen LogP) is 5.36. The molecule has 0 radical (unpaired) electrons. The van der Waals surface area contributed by atoms with E-state index in [1.54, 1.807) is 36.4 Å². The number of hydrogen-bond donors (Lipinski definition) is 2. The molecule has 138 valence electrons. The summed E-state index contributed by atoms with van der Waals surface area (Å²) in [4.78, 5) is 21.3. The fourth-order valence-electron chi connectivity index (χ4n) is 2.76. The highest BCUT2D eigenvalue weighted by atomic mass is 35.5. The maximum atomic E-state index is 12.3. The van der Waals surface area contributed by atoms with Gasteiger partial charge in [-0.1, -0.05) is 53.5 Å². The van der Waals surface area contributed by atoms with E-state index in [2.05, 4.69) is 20.8 Å². The van der Waals surface area contributed by atoms with Gasteiger partial charge in [0.1, 0.15) is 0 Å². The van der Waals surface area contributed by atoms with E-state index in [-0.39, 0.29) is 11.9 Å². The minimum absolute atomic E-state index is 0.260. The van der Waals surface area contributed by atoms with E-state index in [1.165, 1.54) is 0 Å². The minimum atomic E-state index is -0.326. The number of anilines is 1. The first kappa shape index (κ1) is 18.2. The van der Waals surface area contributed by atoms with Crippen LogP contribution in [0.1, 0.15) is 10.4 Å².